The minimum atomic E-state index is -3.84. The van der Waals surface area contributed by atoms with E-state index in [1.165, 1.54) is 13.1 Å². The van der Waals surface area contributed by atoms with Gasteiger partial charge in [-0.3, -0.25) is 0 Å². The van der Waals surface area contributed by atoms with Crippen molar-refractivity contribution in [3.63, 3.8) is 0 Å². The highest BCUT2D eigenvalue weighted by molar-refractivity contribution is 7.92. The number of aliphatic hydroxyl groups is 1. The first-order chi connectivity index (χ1) is 9.54. The molecule has 0 bridgehead atoms. The van der Waals surface area contributed by atoms with E-state index >= 15 is 0 Å². The quantitative estimate of drug-likeness (QED) is 0.846. The predicted octanol–water partition coefficient (Wildman–Crippen LogP) is 0.0818. The minimum Gasteiger partial charge on any atom is -0.390 e. The summed E-state index contributed by atoms with van der Waals surface area (Å²) in [5.74, 6) is -0.751. The Morgan fingerprint density at radius 1 is 1.24 bits per heavy atom. The van der Waals surface area contributed by atoms with E-state index in [1.54, 1.807) is 19.1 Å². The van der Waals surface area contributed by atoms with Gasteiger partial charge in [-0.2, -0.15) is 4.31 Å². The average molecular weight is 333 g/mol. The van der Waals surface area contributed by atoms with Crippen LogP contribution in [-0.4, -0.2) is 56.9 Å². The average Bonchev–Trinajstić information content (AvgIpc) is 2.61. The topological polar surface area (TPSA) is 91.8 Å². The Bertz CT molecular complexity index is 755. The fourth-order valence-electron chi connectivity index (χ4n) is 2.58. The zero-order valence-corrected chi connectivity index (χ0v) is 13.8. The van der Waals surface area contributed by atoms with Crippen LogP contribution in [0, 0.1) is 13.8 Å². The summed E-state index contributed by atoms with van der Waals surface area (Å²) in [6.45, 7) is 3.55. The van der Waals surface area contributed by atoms with Crippen molar-refractivity contribution < 1.29 is 21.9 Å². The Balaban J connectivity index is 2.40. The normalized spacial score (nSPS) is 25.4. The van der Waals surface area contributed by atoms with Crippen molar-refractivity contribution in [2.45, 2.75) is 30.9 Å². The summed E-state index contributed by atoms with van der Waals surface area (Å²) in [6.07, 6.45) is -1.19. The molecule has 2 atom stereocenters. The van der Waals surface area contributed by atoms with Gasteiger partial charge in [-0.05, 0) is 25.5 Å². The second-order valence-electron chi connectivity index (χ2n) is 5.50. The summed E-state index contributed by atoms with van der Waals surface area (Å²) in [5, 5.41) is 9.83. The zero-order chi connectivity index (χ0) is 16.0. The van der Waals surface area contributed by atoms with Crippen LogP contribution in [0.15, 0.2) is 23.1 Å². The summed E-state index contributed by atoms with van der Waals surface area (Å²) in [5.41, 5.74) is 1.54. The maximum Gasteiger partial charge on any atom is 0.243 e. The number of rotatable bonds is 3. The Kier molecular flexibility index (Phi) is 4.18. The predicted molar refractivity (Wildman–Crippen MR) is 79.3 cm³/mol. The first kappa shape index (κ1) is 16.4. The first-order valence-electron chi connectivity index (χ1n) is 6.48. The standard InChI is InChI=1S/C13H19NO5S2/c1-9-4-5-13(10(2)6-9)21(18,19)14(3)11-7-20(16,17)8-12(11)15/h4-6,11-12,15H,7-8H2,1-3H3/t11-,12+/m1/s1. The van der Waals surface area contributed by atoms with E-state index in [0.29, 0.717) is 5.56 Å². The lowest BCUT2D eigenvalue weighted by Gasteiger charge is -2.26. The van der Waals surface area contributed by atoms with Crippen LogP contribution < -0.4 is 0 Å². The maximum absolute atomic E-state index is 12.6. The van der Waals surface area contributed by atoms with Crippen LogP contribution in [0.5, 0.6) is 0 Å². The lowest BCUT2D eigenvalue weighted by molar-refractivity contribution is 0.137. The first-order valence-corrected chi connectivity index (χ1v) is 9.74. The van der Waals surface area contributed by atoms with E-state index in [0.717, 1.165) is 9.87 Å². The second kappa shape index (κ2) is 5.35. The molecule has 0 aromatic heterocycles. The molecule has 6 nitrogen and oxygen atoms in total. The molecule has 1 fully saturated rings. The van der Waals surface area contributed by atoms with Crippen molar-refractivity contribution in [2.24, 2.45) is 0 Å². The van der Waals surface area contributed by atoms with Gasteiger partial charge in [-0.1, -0.05) is 17.7 Å². The number of hydrogen-bond donors (Lipinski definition) is 1. The SMILES string of the molecule is Cc1ccc(S(=O)(=O)N(C)[C@@H]2CS(=O)(=O)C[C@@H]2O)c(C)c1. The summed E-state index contributed by atoms with van der Waals surface area (Å²) in [7, 11) is -5.94. The van der Waals surface area contributed by atoms with Gasteiger partial charge in [0.15, 0.2) is 9.84 Å². The van der Waals surface area contributed by atoms with Crippen molar-refractivity contribution in [3.8, 4) is 0 Å². The van der Waals surface area contributed by atoms with Gasteiger partial charge in [0.25, 0.3) is 0 Å². The highest BCUT2D eigenvalue weighted by Crippen LogP contribution is 2.26. The molecule has 0 saturated carbocycles. The largest absolute Gasteiger partial charge is 0.390 e. The molecule has 1 N–H and O–H groups in total. The Hall–Kier alpha value is -0.960. The van der Waals surface area contributed by atoms with Crippen LogP contribution in [0.25, 0.3) is 0 Å². The number of nitrogens with zero attached hydrogens (tertiary/aromatic N) is 1. The summed E-state index contributed by atoms with van der Waals surface area (Å²) in [4.78, 5) is 0.132. The molecule has 2 rings (SSSR count). The highest BCUT2D eigenvalue weighted by atomic mass is 32.2. The number of benzene rings is 1. The van der Waals surface area contributed by atoms with Crippen molar-refractivity contribution in [1.29, 1.82) is 0 Å². The molecule has 0 radical (unpaired) electrons. The molecule has 0 spiro atoms. The number of sulfone groups is 1. The number of aliphatic hydroxyl groups excluding tert-OH is 1. The van der Waals surface area contributed by atoms with E-state index in [1.807, 2.05) is 6.92 Å². The molecular formula is C13H19NO5S2. The Labute approximate surface area is 125 Å². The molecule has 1 aromatic rings. The third kappa shape index (κ3) is 3.13. The molecule has 118 valence electrons. The molecule has 1 aromatic carbocycles. The van der Waals surface area contributed by atoms with Crippen LogP contribution in [-0.2, 0) is 19.9 Å². The lowest BCUT2D eigenvalue weighted by Crippen LogP contribution is -2.44. The van der Waals surface area contributed by atoms with Crippen LogP contribution in [0.1, 0.15) is 11.1 Å². The number of aryl methyl sites for hydroxylation is 2. The molecule has 1 saturated heterocycles. The van der Waals surface area contributed by atoms with Crippen molar-refractivity contribution in [3.05, 3.63) is 29.3 Å². The Morgan fingerprint density at radius 3 is 2.33 bits per heavy atom. The molecule has 1 heterocycles. The third-order valence-corrected chi connectivity index (χ3v) is 7.49. The van der Waals surface area contributed by atoms with Crippen LogP contribution in [0.3, 0.4) is 0 Å². The van der Waals surface area contributed by atoms with E-state index in [2.05, 4.69) is 0 Å². The fourth-order valence-corrected chi connectivity index (χ4v) is 6.11. The number of likely N-dealkylation sites (N-methyl/N-ethyl adjacent to an activating group) is 1. The molecule has 1 aliphatic heterocycles. The third-order valence-electron chi connectivity index (χ3n) is 3.75. The smallest absolute Gasteiger partial charge is 0.243 e. The molecular weight excluding hydrogens is 314 g/mol. The molecule has 8 heteroatoms. The van der Waals surface area contributed by atoms with E-state index in [9.17, 15) is 21.9 Å². The van der Waals surface area contributed by atoms with Crippen LogP contribution >= 0.6 is 0 Å². The van der Waals surface area contributed by atoms with Gasteiger partial charge in [-0.15, -0.1) is 0 Å². The molecule has 1 aliphatic rings. The second-order valence-corrected chi connectivity index (χ2v) is 9.62. The summed E-state index contributed by atoms with van der Waals surface area (Å²) in [6, 6.07) is 4.01. The van der Waals surface area contributed by atoms with Gasteiger partial charge in [0, 0.05) is 7.05 Å². The molecule has 21 heavy (non-hydrogen) atoms. The molecule has 0 amide bonds. The number of hydrogen-bond acceptors (Lipinski definition) is 5. The maximum atomic E-state index is 12.6. The minimum absolute atomic E-state index is 0.132. The van der Waals surface area contributed by atoms with Gasteiger partial charge < -0.3 is 5.11 Å². The van der Waals surface area contributed by atoms with Crippen molar-refractivity contribution >= 4 is 19.9 Å². The van der Waals surface area contributed by atoms with Crippen molar-refractivity contribution in [2.75, 3.05) is 18.6 Å². The Morgan fingerprint density at radius 2 is 1.86 bits per heavy atom. The monoisotopic (exact) mass is 333 g/mol. The summed E-state index contributed by atoms with van der Waals surface area (Å²) >= 11 is 0. The number of sulfonamides is 1. The van der Waals surface area contributed by atoms with E-state index in [4.69, 9.17) is 0 Å². The zero-order valence-electron chi connectivity index (χ0n) is 12.1. The highest BCUT2D eigenvalue weighted by Gasteiger charge is 2.43. The molecule has 0 aliphatic carbocycles. The molecule has 0 unspecified atom stereocenters. The van der Waals surface area contributed by atoms with Gasteiger partial charge in [0.05, 0.1) is 28.5 Å². The van der Waals surface area contributed by atoms with Crippen LogP contribution in [0.4, 0.5) is 0 Å². The summed E-state index contributed by atoms with van der Waals surface area (Å²) < 4.78 is 49.3. The van der Waals surface area contributed by atoms with E-state index in [-0.39, 0.29) is 10.6 Å². The van der Waals surface area contributed by atoms with Crippen LogP contribution in [0.2, 0.25) is 0 Å². The van der Waals surface area contributed by atoms with Gasteiger partial charge in [0.2, 0.25) is 10.0 Å². The van der Waals surface area contributed by atoms with Crippen molar-refractivity contribution in [1.82, 2.24) is 4.31 Å². The van der Waals surface area contributed by atoms with Gasteiger partial charge in [0.1, 0.15) is 0 Å². The van der Waals surface area contributed by atoms with Gasteiger partial charge >= 0.3 is 0 Å². The lowest BCUT2D eigenvalue weighted by atomic mass is 10.2. The fraction of sp³-hybridized carbons (Fsp3) is 0.538. The van der Waals surface area contributed by atoms with E-state index < -0.39 is 37.8 Å². The van der Waals surface area contributed by atoms with Gasteiger partial charge in [-0.25, -0.2) is 16.8 Å².